The van der Waals surface area contributed by atoms with Crippen molar-refractivity contribution < 1.29 is 17.5 Å². The number of nitrogens with zero attached hydrogens (tertiary/aromatic N) is 5. The Balaban J connectivity index is 0.00000171. The molecule has 0 atom stereocenters. The van der Waals surface area contributed by atoms with E-state index in [9.17, 15) is 9.90 Å². The van der Waals surface area contributed by atoms with Gasteiger partial charge in [0.15, 0.2) is 11.6 Å². The van der Waals surface area contributed by atoms with Gasteiger partial charge in [0.05, 0.1) is 37.3 Å². The van der Waals surface area contributed by atoms with Crippen molar-refractivity contribution in [1.29, 1.82) is 0 Å². The molecule has 4 heterocycles. The van der Waals surface area contributed by atoms with Crippen molar-refractivity contribution in [3.05, 3.63) is 30.2 Å². The monoisotopic (exact) mass is 402 g/mol. The first kappa shape index (κ1) is 19.7. The van der Waals surface area contributed by atoms with Gasteiger partial charge in [0.2, 0.25) is 5.91 Å². The first-order valence-electron chi connectivity index (χ1n) is 9.81. The quantitative estimate of drug-likeness (QED) is 0.772. The maximum absolute atomic E-state index is 12.1. The number of nitrogens with one attached hydrogen (secondary N) is 1. The second kappa shape index (κ2) is 8.02. The number of carbonyl (C=O) groups is 1. The van der Waals surface area contributed by atoms with Gasteiger partial charge in [-0.1, -0.05) is 0 Å². The van der Waals surface area contributed by atoms with E-state index < -0.39 is 5.60 Å². The summed E-state index contributed by atoms with van der Waals surface area (Å²) >= 11 is 0. The molecule has 0 spiro atoms. The Hall–Kier alpha value is -2.62. The highest BCUT2D eigenvalue weighted by atomic mass is 16.5. The molecule has 0 bridgehead atoms. The van der Waals surface area contributed by atoms with Crippen molar-refractivity contribution in [2.45, 2.75) is 19.4 Å². The molecule has 29 heavy (non-hydrogen) atoms. The summed E-state index contributed by atoms with van der Waals surface area (Å²) in [6.07, 6.45) is 3.31. The van der Waals surface area contributed by atoms with Gasteiger partial charge in [-0.15, -0.1) is 0 Å². The second-order valence-corrected chi connectivity index (χ2v) is 7.84. The van der Waals surface area contributed by atoms with Crippen LogP contribution in [0.25, 0.3) is 11.3 Å². The fraction of sp³-hybridized carbons (Fsp3) is 0.500. The number of hydrogen-bond donors (Lipinski definition) is 2. The molecule has 0 aliphatic carbocycles. The Morgan fingerprint density at radius 2 is 2.00 bits per heavy atom. The minimum absolute atomic E-state index is 0. The zero-order valence-corrected chi connectivity index (χ0v) is 16.8. The number of anilines is 2. The molecule has 9 nitrogen and oxygen atoms in total. The van der Waals surface area contributed by atoms with Gasteiger partial charge in [-0.2, -0.15) is 0 Å². The van der Waals surface area contributed by atoms with Crippen molar-refractivity contribution in [2.75, 3.05) is 56.2 Å². The fourth-order valence-electron chi connectivity index (χ4n) is 3.43. The molecule has 1 saturated heterocycles. The van der Waals surface area contributed by atoms with Crippen molar-refractivity contribution >= 4 is 17.5 Å². The van der Waals surface area contributed by atoms with Gasteiger partial charge in [0.1, 0.15) is 5.60 Å². The average molecular weight is 402 g/mol. The lowest BCUT2D eigenvalue weighted by Crippen LogP contribution is -2.45. The number of hydrogen-bond acceptors (Lipinski definition) is 8. The molecule has 158 valence electrons. The van der Waals surface area contributed by atoms with Crippen LogP contribution in [0, 0.1) is 0 Å². The van der Waals surface area contributed by atoms with Crippen molar-refractivity contribution in [3.8, 4) is 11.3 Å². The molecule has 9 heteroatoms. The predicted molar refractivity (Wildman–Crippen MR) is 113 cm³/mol. The number of fused-ring (bicyclic) bond motifs is 1. The molecule has 1 fully saturated rings. The summed E-state index contributed by atoms with van der Waals surface area (Å²) in [5.41, 5.74) is 1.07. The van der Waals surface area contributed by atoms with E-state index in [0.717, 1.165) is 38.4 Å². The zero-order chi connectivity index (χ0) is 20.4. The van der Waals surface area contributed by atoms with Crippen LogP contribution >= 0.6 is 0 Å². The summed E-state index contributed by atoms with van der Waals surface area (Å²) in [7, 11) is 0. The molecule has 0 radical (unpaired) electrons. The highest BCUT2D eigenvalue weighted by Crippen LogP contribution is 2.29. The molecule has 2 aromatic heterocycles. The lowest BCUT2D eigenvalue weighted by atomic mass is 10.0. The standard InChI is InChI=1S/C20H26N6O3.2H2/c1-20(2,28)16-4-3-14(11-21-16)15-12-22-18-19(23-15)26(13-17(27)24-18)6-5-25-7-9-29-10-8-25;;/h3-4,11-12,28H,5-10,13H2,1-2H3,(H,22,24,27);2*1H. The number of carbonyl (C=O) groups excluding carboxylic acids is 1. The van der Waals surface area contributed by atoms with Gasteiger partial charge in [-0.05, 0) is 26.0 Å². The molecule has 0 aromatic carbocycles. The van der Waals surface area contributed by atoms with Crippen LogP contribution < -0.4 is 10.2 Å². The van der Waals surface area contributed by atoms with Crippen LogP contribution in [-0.4, -0.2) is 76.8 Å². The van der Waals surface area contributed by atoms with Gasteiger partial charge in [0.25, 0.3) is 0 Å². The summed E-state index contributed by atoms with van der Waals surface area (Å²) in [5, 5.41) is 12.9. The molecular formula is C20H30N6O3. The lowest BCUT2D eigenvalue weighted by Gasteiger charge is -2.32. The molecular weight excluding hydrogens is 372 g/mol. The predicted octanol–water partition coefficient (Wildman–Crippen LogP) is 1.35. The highest BCUT2D eigenvalue weighted by Gasteiger charge is 2.26. The molecule has 4 rings (SSSR count). The van der Waals surface area contributed by atoms with E-state index in [1.165, 1.54) is 0 Å². The summed E-state index contributed by atoms with van der Waals surface area (Å²) in [6, 6.07) is 3.66. The van der Waals surface area contributed by atoms with Gasteiger partial charge in [-0.3, -0.25) is 14.7 Å². The maximum Gasteiger partial charge on any atom is 0.245 e. The van der Waals surface area contributed by atoms with Gasteiger partial charge < -0.3 is 20.1 Å². The maximum atomic E-state index is 12.1. The number of morpholine rings is 1. The number of pyridine rings is 1. The molecule has 0 unspecified atom stereocenters. The molecule has 2 N–H and O–H groups in total. The number of amides is 1. The van der Waals surface area contributed by atoms with Crippen LogP contribution in [0.4, 0.5) is 11.6 Å². The normalized spacial score (nSPS) is 17.8. The Bertz CT molecular complexity index is 885. The van der Waals surface area contributed by atoms with Crippen LogP contribution in [-0.2, 0) is 15.1 Å². The van der Waals surface area contributed by atoms with E-state index in [1.807, 2.05) is 11.0 Å². The Morgan fingerprint density at radius 1 is 1.21 bits per heavy atom. The van der Waals surface area contributed by atoms with E-state index in [2.05, 4.69) is 20.2 Å². The largest absolute Gasteiger partial charge is 0.384 e. The Kier molecular flexibility index (Phi) is 5.44. The minimum atomic E-state index is -0.999. The number of aromatic nitrogens is 3. The zero-order valence-electron chi connectivity index (χ0n) is 16.8. The second-order valence-electron chi connectivity index (χ2n) is 7.84. The first-order valence-corrected chi connectivity index (χ1v) is 9.81. The number of aliphatic hydroxyl groups is 1. The van der Waals surface area contributed by atoms with Gasteiger partial charge >= 0.3 is 0 Å². The average Bonchev–Trinajstić information content (AvgIpc) is 2.72. The SMILES string of the molecule is CC(C)(O)c1ccc(-c2cnc3c(n2)N(CCN2CCOCC2)CC(=O)N3)cn1.[HH].[HH]. The molecule has 1 amide bonds. The van der Waals surface area contributed by atoms with Crippen LogP contribution in [0.2, 0.25) is 0 Å². The molecule has 2 aliphatic rings. The van der Waals surface area contributed by atoms with Crippen LogP contribution in [0.3, 0.4) is 0 Å². The summed E-state index contributed by atoms with van der Waals surface area (Å²) < 4.78 is 5.40. The lowest BCUT2D eigenvalue weighted by molar-refractivity contribution is -0.115. The van der Waals surface area contributed by atoms with E-state index in [0.29, 0.717) is 29.6 Å². The van der Waals surface area contributed by atoms with Gasteiger partial charge in [-0.25, -0.2) is 9.97 Å². The molecule has 2 aromatic rings. The highest BCUT2D eigenvalue weighted by molar-refractivity contribution is 5.99. The third kappa shape index (κ3) is 4.52. The summed E-state index contributed by atoms with van der Waals surface area (Å²) in [6.45, 7) is 8.47. The smallest absolute Gasteiger partial charge is 0.245 e. The third-order valence-corrected chi connectivity index (χ3v) is 5.12. The number of ether oxygens (including phenoxy) is 1. The summed E-state index contributed by atoms with van der Waals surface area (Å²) in [4.78, 5) is 29.9. The van der Waals surface area contributed by atoms with E-state index in [1.54, 1.807) is 32.3 Å². The minimum Gasteiger partial charge on any atom is -0.384 e. The third-order valence-electron chi connectivity index (χ3n) is 5.12. The van der Waals surface area contributed by atoms with E-state index >= 15 is 0 Å². The van der Waals surface area contributed by atoms with Crippen LogP contribution in [0.15, 0.2) is 24.5 Å². The van der Waals surface area contributed by atoms with Crippen molar-refractivity contribution in [1.82, 2.24) is 19.9 Å². The molecule has 0 saturated carbocycles. The van der Waals surface area contributed by atoms with Gasteiger partial charge in [0, 0.05) is 40.8 Å². The van der Waals surface area contributed by atoms with E-state index in [4.69, 9.17) is 9.72 Å². The first-order chi connectivity index (χ1) is 13.9. The topological polar surface area (TPSA) is 104 Å². The van der Waals surface area contributed by atoms with E-state index in [-0.39, 0.29) is 15.3 Å². The molecule has 2 aliphatic heterocycles. The van der Waals surface area contributed by atoms with Crippen LogP contribution in [0.1, 0.15) is 22.4 Å². The van der Waals surface area contributed by atoms with Crippen molar-refractivity contribution in [2.24, 2.45) is 0 Å². The van der Waals surface area contributed by atoms with Crippen molar-refractivity contribution in [3.63, 3.8) is 0 Å². The summed E-state index contributed by atoms with van der Waals surface area (Å²) in [5.74, 6) is 1.06. The fourth-order valence-corrected chi connectivity index (χ4v) is 3.43. The Morgan fingerprint density at radius 3 is 2.69 bits per heavy atom. The van der Waals surface area contributed by atoms with Crippen LogP contribution in [0.5, 0.6) is 0 Å². The number of rotatable bonds is 5. The Labute approximate surface area is 172 Å².